The third kappa shape index (κ3) is 3.19. The highest BCUT2D eigenvalue weighted by molar-refractivity contribution is 5.61. The van der Waals surface area contributed by atoms with E-state index >= 15 is 0 Å². The van der Waals surface area contributed by atoms with Crippen LogP contribution in [0.3, 0.4) is 0 Å². The van der Waals surface area contributed by atoms with Crippen LogP contribution in [0.15, 0.2) is 67.3 Å². The van der Waals surface area contributed by atoms with E-state index in [2.05, 4.69) is 23.0 Å². The van der Waals surface area contributed by atoms with Crippen LogP contribution in [-0.4, -0.2) is 15.0 Å². The smallest absolute Gasteiger partial charge is 0.116 e. The molecule has 1 aromatic heterocycles. The minimum absolute atomic E-state index is 0.620. The molecular formula is C19H16N4. The molecule has 0 N–H and O–H groups in total. The molecule has 0 aliphatic heterocycles. The Bertz CT molecular complexity index is 839. The third-order valence-corrected chi connectivity index (χ3v) is 3.64. The maximum Gasteiger partial charge on any atom is 0.116 e. The van der Waals surface area contributed by atoms with Gasteiger partial charge in [0.25, 0.3) is 0 Å². The van der Waals surface area contributed by atoms with E-state index in [-0.39, 0.29) is 0 Å². The van der Waals surface area contributed by atoms with Crippen molar-refractivity contribution in [1.29, 1.82) is 5.26 Å². The molecule has 0 spiro atoms. The van der Waals surface area contributed by atoms with Crippen molar-refractivity contribution < 1.29 is 0 Å². The van der Waals surface area contributed by atoms with Gasteiger partial charge in [-0.15, -0.1) is 11.7 Å². The Labute approximate surface area is 135 Å². The van der Waals surface area contributed by atoms with Crippen LogP contribution in [-0.2, 0) is 13.0 Å². The fourth-order valence-corrected chi connectivity index (χ4v) is 2.48. The molecule has 0 aliphatic rings. The molecule has 0 atom stereocenters. The lowest BCUT2D eigenvalue weighted by molar-refractivity contribution is 0.627. The van der Waals surface area contributed by atoms with E-state index < -0.39 is 0 Å². The van der Waals surface area contributed by atoms with Gasteiger partial charge in [-0.2, -0.15) is 5.26 Å². The van der Waals surface area contributed by atoms with E-state index in [1.807, 2.05) is 65.4 Å². The van der Waals surface area contributed by atoms with Crippen molar-refractivity contribution in [1.82, 2.24) is 15.0 Å². The monoisotopic (exact) mass is 300 g/mol. The van der Waals surface area contributed by atoms with E-state index in [9.17, 15) is 0 Å². The van der Waals surface area contributed by atoms with Crippen LogP contribution in [0.5, 0.6) is 0 Å². The van der Waals surface area contributed by atoms with Crippen molar-refractivity contribution in [2.45, 2.75) is 13.0 Å². The lowest BCUT2D eigenvalue weighted by Crippen LogP contribution is -2.06. The Hall–Kier alpha value is -3.19. The summed E-state index contributed by atoms with van der Waals surface area (Å²) < 4.78 is 1.89. The zero-order valence-corrected chi connectivity index (χ0v) is 12.7. The van der Waals surface area contributed by atoms with Gasteiger partial charge < -0.3 is 0 Å². The second-order valence-electron chi connectivity index (χ2n) is 5.21. The summed E-state index contributed by atoms with van der Waals surface area (Å²) in [7, 11) is 0. The molecular weight excluding hydrogens is 284 g/mol. The molecule has 0 aliphatic carbocycles. The second kappa shape index (κ2) is 6.71. The molecule has 0 saturated heterocycles. The Morgan fingerprint density at radius 3 is 2.48 bits per heavy atom. The average molecular weight is 300 g/mol. The number of benzene rings is 2. The van der Waals surface area contributed by atoms with Crippen LogP contribution >= 0.6 is 0 Å². The summed E-state index contributed by atoms with van der Waals surface area (Å²) in [5.41, 5.74) is 4.72. The molecule has 23 heavy (non-hydrogen) atoms. The molecule has 0 fully saturated rings. The lowest BCUT2D eigenvalue weighted by Gasteiger charge is -2.07. The van der Waals surface area contributed by atoms with Gasteiger partial charge in [0.05, 0.1) is 23.9 Å². The highest BCUT2D eigenvalue weighted by Crippen LogP contribution is 2.22. The molecule has 4 nitrogen and oxygen atoms in total. The van der Waals surface area contributed by atoms with E-state index in [1.165, 1.54) is 0 Å². The Morgan fingerprint density at radius 1 is 1.09 bits per heavy atom. The van der Waals surface area contributed by atoms with Crippen molar-refractivity contribution in [3.63, 3.8) is 0 Å². The quantitative estimate of drug-likeness (QED) is 0.677. The van der Waals surface area contributed by atoms with Crippen LogP contribution in [0.2, 0.25) is 0 Å². The van der Waals surface area contributed by atoms with Crippen LogP contribution in [0.1, 0.15) is 16.8 Å². The summed E-state index contributed by atoms with van der Waals surface area (Å²) in [6.07, 6.45) is 2.56. The van der Waals surface area contributed by atoms with E-state index in [4.69, 9.17) is 5.26 Å². The molecule has 0 amide bonds. The maximum atomic E-state index is 8.87. The van der Waals surface area contributed by atoms with Gasteiger partial charge in [0, 0.05) is 12.0 Å². The summed E-state index contributed by atoms with van der Waals surface area (Å²) in [6.45, 7) is 4.46. The van der Waals surface area contributed by atoms with Gasteiger partial charge in [-0.25, -0.2) is 4.68 Å². The van der Waals surface area contributed by atoms with Crippen molar-refractivity contribution in [2.24, 2.45) is 0 Å². The van der Waals surface area contributed by atoms with Gasteiger partial charge in [0.1, 0.15) is 5.69 Å². The minimum atomic E-state index is 0.620. The number of nitrogens with zero attached hydrogens (tertiary/aromatic N) is 4. The number of hydrogen-bond acceptors (Lipinski definition) is 3. The zero-order chi connectivity index (χ0) is 16.1. The molecule has 0 saturated carbocycles. The first-order valence-electron chi connectivity index (χ1n) is 7.39. The zero-order valence-electron chi connectivity index (χ0n) is 12.7. The van der Waals surface area contributed by atoms with E-state index in [1.54, 1.807) is 0 Å². The van der Waals surface area contributed by atoms with Crippen molar-refractivity contribution in [2.75, 3.05) is 0 Å². The molecule has 112 valence electrons. The van der Waals surface area contributed by atoms with Gasteiger partial charge in [0.2, 0.25) is 0 Å². The van der Waals surface area contributed by atoms with E-state index in [0.29, 0.717) is 18.5 Å². The number of rotatable bonds is 5. The molecule has 0 unspecified atom stereocenters. The second-order valence-corrected chi connectivity index (χ2v) is 5.21. The first-order chi connectivity index (χ1) is 11.3. The standard InChI is InChI=1S/C19H16N4/c1-2-6-18-19(17-7-4-3-5-8-17)21-22-23(18)14-16-11-9-15(13-20)10-12-16/h2-5,7-12H,1,6,14H2. The predicted octanol–water partition coefficient (Wildman–Crippen LogP) is 3.59. The first kappa shape index (κ1) is 14.7. The molecule has 3 aromatic rings. The number of nitriles is 1. The summed E-state index contributed by atoms with van der Waals surface area (Å²) >= 11 is 0. The largest absolute Gasteiger partial charge is 0.244 e. The number of allylic oxidation sites excluding steroid dienone is 1. The predicted molar refractivity (Wildman–Crippen MR) is 89.6 cm³/mol. The molecule has 0 bridgehead atoms. The SMILES string of the molecule is C=CCc1c(-c2ccccc2)nnn1Cc1ccc(C#N)cc1. The number of aromatic nitrogens is 3. The summed E-state index contributed by atoms with van der Waals surface area (Å²) in [6, 6.07) is 19.7. The summed E-state index contributed by atoms with van der Waals surface area (Å²) in [4.78, 5) is 0. The van der Waals surface area contributed by atoms with Crippen LogP contribution in [0.25, 0.3) is 11.3 Å². The summed E-state index contributed by atoms with van der Waals surface area (Å²) in [5, 5.41) is 17.5. The molecule has 0 radical (unpaired) electrons. The van der Waals surface area contributed by atoms with Crippen LogP contribution < -0.4 is 0 Å². The molecule has 3 rings (SSSR count). The van der Waals surface area contributed by atoms with Gasteiger partial charge in [-0.05, 0) is 17.7 Å². The van der Waals surface area contributed by atoms with Crippen molar-refractivity contribution in [3.8, 4) is 17.3 Å². The van der Waals surface area contributed by atoms with E-state index in [0.717, 1.165) is 22.5 Å². The Balaban J connectivity index is 1.94. The number of hydrogen-bond donors (Lipinski definition) is 0. The van der Waals surface area contributed by atoms with Crippen molar-refractivity contribution in [3.05, 3.63) is 84.1 Å². The Kier molecular flexibility index (Phi) is 4.30. The van der Waals surface area contributed by atoms with Gasteiger partial charge in [-0.1, -0.05) is 53.8 Å². The third-order valence-electron chi connectivity index (χ3n) is 3.64. The topological polar surface area (TPSA) is 54.5 Å². The maximum absolute atomic E-state index is 8.87. The van der Waals surface area contributed by atoms with Gasteiger partial charge in [0.15, 0.2) is 0 Å². The van der Waals surface area contributed by atoms with Crippen molar-refractivity contribution >= 4 is 0 Å². The Morgan fingerprint density at radius 2 is 1.83 bits per heavy atom. The van der Waals surface area contributed by atoms with Crippen LogP contribution in [0.4, 0.5) is 0 Å². The molecule has 2 aromatic carbocycles. The highest BCUT2D eigenvalue weighted by Gasteiger charge is 2.13. The highest BCUT2D eigenvalue weighted by atomic mass is 15.4. The van der Waals surface area contributed by atoms with Gasteiger partial charge >= 0.3 is 0 Å². The summed E-state index contributed by atoms with van der Waals surface area (Å²) in [5.74, 6) is 0. The van der Waals surface area contributed by atoms with Crippen LogP contribution in [0, 0.1) is 11.3 Å². The molecule has 4 heteroatoms. The first-order valence-corrected chi connectivity index (χ1v) is 7.39. The fourth-order valence-electron chi connectivity index (χ4n) is 2.48. The fraction of sp³-hybridized carbons (Fsp3) is 0.105. The molecule has 1 heterocycles. The normalized spacial score (nSPS) is 10.2. The average Bonchev–Trinajstić information content (AvgIpc) is 2.99. The minimum Gasteiger partial charge on any atom is -0.244 e. The lowest BCUT2D eigenvalue weighted by atomic mass is 10.1. The van der Waals surface area contributed by atoms with Gasteiger partial charge in [-0.3, -0.25) is 0 Å².